The van der Waals surface area contributed by atoms with Crippen LogP contribution in [0.5, 0.6) is 11.5 Å². The lowest BCUT2D eigenvalue weighted by Gasteiger charge is -2.25. The van der Waals surface area contributed by atoms with Crippen LogP contribution in [0.25, 0.3) is 0 Å². The van der Waals surface area contributed by atoms with E-state index in [0.29, 0.717) is 29.3 Å². The summed E-state index contributed by atoms with van der Waals surface area (Å²) in [5, 5.41) is 5.66. The highest BCUT2D eigenvalue weighted by atomic mass is 16.6. The molecule has 2 atom stereocenters. The summed E-state index contributed by atoms with van der Waals surface area (Å²) in [6.45, 7) is 1.30. The third kappa shape index (κ3) is 4.09. The maximum atomic E-state index is 12.7. The Hall–Kier alpha value is -3.06. The van der Waals surface area contributed by atoms with E-state index in [0.717, 1.165) is 19.4 Å². The van der Waals surface area contributed by atoms with E-state index in [4.69, 9.17) is 14.2 Å². The summed E-state index contributed by atoms with van der Waals surface area (Å²) in [6.07, 6.45) is 1.22. The lowest BCUT2D eigenvalue weighted by atomic mass is 10.1. The number of hydrogen-bond donors (Lipinski definition) is 2. The van der Waals surface area contributed by atoms with Crippen molar-refractivity contribution in [2.75, 3.05) is 25.1 Å². The van der Waals surface area contributed by atoms with Crippen molar-refractivity contribution in [1.82, 2.24) is 5.32 Å². The van der Waals surface area contributed by atoms with Crippen LogP contribution in [-0.2, 0) is 9.53 Å². The van der Waals surface area contributed by atoms with Crippen LogP contribution >= 0.6 is 0 Å². The molecule has 2 heterocycles. The molecule has 7 heteroatoms. The summed E-state index contributed by atoms with van der Waals surface area (Å²) in [6, 6.07) is 14.1. The van der Waals surface area contributed by atoms with Crippen LogP contribution < -0.4 is 20.1 Å². The van der Waals surface area contributed by atoms with E-state index in [1.54, 1.807) is 36.4 Å². The van der Waals surface area contributed by atoms with Gasteiger partial charge in [0, 0.05) is 13.2 Å². The highest BCUT2D eigenvalue weighted by molar-refractivity contribution is 6.04. The Morgan fingerprint density at radius 1 is 1.04 bits per heavy atom. The van der Waals surface area contributed by atoms with E-state index in [-0.39, 0.29) is 24.5 Å². The van der Waals surface area contributed by atoms with Crippen LogP contribution in [0, 0.1) is 0 Å². The van der Waals surface area contributed by atoms with Gasteiger partial charge in [0.25, 0.3) is 11.8 Å². The monoisotopic (exact) mass is 382 g/mol. The van der Waals surface area contributed by atoms with Gasteiger partial charge in [-0.05, 0) is 37.1 Å². The molecule has 2 aromatic carbocycles. The summed E-state index contributed by atoms with van der Waals surface area (Å²) in [7, 11) is 0. The minimum atomic E-state index is -0.794. The minimum Gasteiger partial charge on any atom is -0.485 e. The number of hydrogen-bond acceptors (Lipinski definition) is 5. The second kappa shape index (κ2) is 8.31. The Labute approximate surface area is 163 Å². The van der Waals surface area contributed by atoms with Crippen molar-refractivity contribution in [3.05, 3.63) is 54.1 Å². The van der Waals surface area contributed by atoms with Crippen molar-refractivity contribution in [3.63, 3.8) is 0 Å². The Morgan fingerprint density at radius 3 is 2.64 bits per heavy atom. The molecule has 1 saturated heterocycles. The molecule has 0 spiro atoms. The van der Waals surface area contributed by atoms with Gasteiger partial charge in [-0.3, -0.25) is 9.59 Å². The van der Waals surface area contributed by atoms with Gasteiger partial charge in [0.1, 0.15) is 6.61 Å². The second-order valence-electron chi connectivity index (χ2n) is 6.74. The number of carbonyl (C=O) groups is 2. The fourth-order valence-electron chi connectivity index (χ4n) is 3.26. The number of anilines is 1. The van der Waals surface area contributed by atoms with Crippen molar-refractivity contribution >= 4 is 17.5 Å². The standard InChI is InChI=1S/C21H22N2O5/c24-20(22-12-14-6-5-11-26-14)15-7-1-2-8-16(15)23-21(25)19-13-27-17-9-3-4-10-18(17)28-19/h1-4,7-10,14,19H,5-6,11-13H2,(H,22,24)(H,23,25). The molecule has 0 saturated carbocycles. The average molecular weight is 382 g/mol. The number of rotatable bonds is 5. The van der Waals surface area contributed by atoms with Gasteiger partial charge >= 0.3 is 0 Å². The summed E-state index contributed by atoms with van der Waals surface area (Å²) < 4.78 is 16.8. The Kier molecular flexibility index (Phi) is 5.43. The fraction of sp³-hybridized carbons (Fsp3) is 0.333. The Bertz CT molecular complexity index is 863. The van der Waals surface area contributed by atoms with Crippen LogP contribution in [0.3, 0.4) is 0 Å². The van der Waals surface area contributed by atoms with E-state index < -0.39 is 6.10 Å². The summed E-state index contributed by atoms with van der Waals surface area (Å²) >= 11 is 0. The van der Waals surface area contributed by atoms with Gasteiger partial charge < -0.3 is 24.8 Å². The molecule has 7 nitrogen and oxygen atoms in total. The first-order valence-electron chi connectivity index (χ1n) is 9.39. The fourth-order valence-corrected chi connectivity index (χ4v) is 3.26. The van der Waals surface area contributed by atoms with Gasteiger partial charge in [-0.15, -0.1) is 0 Å². The number of amides is 2. The lowest BCUT2D eigenvalue weighted by Crippen LogP contribution is -2.40. The zero-order valence-electron chi connectivity index (χ0n) is 15.4. The first kappa shape index (κ1) is 18.3. The highest BCUT2D eigenvalue weighted by Crippen LogP contribution is 2.31. The first-order chi connectivity index (χ1) is 13.7. The van der Waals surface area contributed by atoms with Gasteiger partial charge in [0.15, 0.2) is 11.5 Å². The van der Waals surface area contributed by atoms with Gasteiger partial charge in [-0.1, -0.05) is 24.3 Å². The third-order valence-corrected chi connectivity index (χ3v) is 4.74. The van der Waals surface area contributed by atoms with Gasteiger partial charge in [0.05, 0.1) is 17.4 Å². The predicted molar refractivity (Wildman–Crippen MR) is 103 cm³/mol. The number of para-hydroxylation sites is 3. The van der Waals surface area contributed by atoms with Crippen molar-refractivity contribution in [1.29, 1.82) is 0 Å². The van der Waals surface area contributed by atoms with Crippen molar-refractivity contribution < 1.29 is 23.8 Å². The molecule has 0 radical (unpaired) electrons. The van der Waals surface area contributed by atoms with Crippen molar-refractivity contribution in [3.8, 4) is 11.5 Å². The molecule has 4 rings (SSSR count). The molecule has 0 aliphatic carbocycles. The lowest BCUT2D eigenvalue weighted by molar-refractivity contribution is -0.125. The molecule has 2 aliphatic rings. The van der Waals surface area contributed by atoms with E-state index in [2.05, 4.69) is 10.6 Å². The maximum Gasteiger partial charge on any atom is 0.269 e. The third-order valence-electron chi connectivity index (χ3n) is 4.74. The van der Waals surface area contributed by atoms with Crippen LogP contribution in [0.4, 0.5) is 5.69 Å². The summed E-state index contributed by atoms with van der Waals surface area (Å²) in [5.74, 6) is 0.517. The summed E-state index contributed by atoms with van der Waals surface area (Å²) in [5.41, 5.74) is 0.825. The molecule has 2 aromatic rings. The Balaban J connectivity index is 1.40. The van der Waals surface area contributed by atoms with Gasteiger partial charge in [-0.25, -0.2) is 0 Å². The van der Waals surface area contributed by atoms with E-state index in [1.165, 1.54) is 0 Å². The van der Waals surface area contributed by atoms with Crippen LogP contribution in [-0.4, -0.2) is 43.8 Å². The molecule has 2 unspecified atom stereocenters. The van der Waals surface area contributed by atoms with E-state index in [1.807, 2.05) is 12.1 Å². The molecule has 0 aromatic heterocycles. The second-order valence-corrected chi connectivity index (χ2v) is 6.74. The normalized spacial score (nSPS) is 20.4. The number of benzene rings is 2. The molecule has 0 bridgehead atoms. The Morgan fingerprint density at radius 2 is 1.82 bits per heavy atom. The first-order valence-corrected chi connectivity index (χ1v) is 9.39. The molecule has 1 fully saturated rings. The smallest absolute Gasteiger partial charge is 0.269 e. The average Bonchev–Trinajstić information content (AvgIpc) is 3.25. The van der Waals surface area contributed by atoms with Crippen molar-refractivity contribution in [2.45, 2.75) is 25.0 Å². The molecule has 2 aliphatic heterocycles. The minimum absolute atomic E-state index is 0.0542. The van der Waals surface area contributed by atoms with Gasteiger partial charge in [0.2, 0.25) is 6.10 Å². The SMILES string of the molecule is O=C(NCC1CCCO1)c1ccccc1NC(=O)C1COc2ccccc2O1. The zero-order valence-corrected chi connectivity index (χ0v) is 15.4. The zero-order chi connectivity index (χ0) is 19.3. The van der Waals surface area contributed by atoms with E-state index >= 15 is 0 Å². The topological polar surface area (TPSA) is 85.9 Å². The largest absolute Gasteiger partial charge is 0.485 e. The molecule has 146 valence electrons. The molecule has 28 heavy (non-hydrogen) atoms. The number of fused-ring (bicyclic) bond motifs is 1. The maximum absolute atomic E-state index is 12.7. The van der Waals surface area contributed by atoms with Crippen LogP contribution in [0.1, 0.15) is 23.2 Å². The predicted octanol–water partition coefficient (Wildman–Crippen LogP) is 2.37. The molecule has 2 amide bonds. The number of nitrogens with one attached hydrogen (secondary N) is 2. The van der Waals surface area contributed by atoms with Crippen LogP contribution in [0.2, 0.25) is 0 Å². The van der Waals surface area contributed by atoms with Gasteiger partial charge in [-0.2, -0.15) is 0 Å². The number of ether oxygens (including phenoxy) is 3. The highest BCUT2D eigenvalue weighted by Gasteiger charge is 2.28. The molecular weight excluding hydrogens is 360 g/mol. The quantitative estimate of drug-likeness (QED) is 0.829. The van der Waals surface area contributed by atoms with Crippen LogP contribution in [0.15, 0.2) is 48.5 Å². The van der Waals surface area contributed by atoms with Crippen molar-refractivity contribution in [2.24, 2.45) is 0 Å². The molecule has 2 N–H and O–H groups in total. The summed E-state index contributed by atoms with van der Waals surface area (Å²) in [4.78, 5) is 25.2. The van der Waals surface area contributed by atoms with E-state index in [9.17, 15) is 9.59 Å². The number of carbonyl (C=O) groups excluding carboxylic acids is 2. The molecular formula is C21H22N2O5.